The van der Waals surface area contributed by atoms with E-state index in [0.717, 1.165) is 37.1 Å². The number of piperidine rings is 1. The van der Waals surface area contributed by atoms with Crippen LogP contribution in [0.2, 0.25) is 0 Å². The largest absolute Gasteiger partial charge is 0.444 e. The fourth-order valence-corrected chi connectivity index (χ4v) is 4.13. The number of benzene rings is 1. The minimum Gasteiger partial charge on any atom is -0.444 e. The van der Waals surface area contributed by atoms with E-state index < -0.39 is 0 Å². The minimum atomic E-state index is -0.378. The van der Waals surface area contributed by atoms with Crippen molar-refractivity contribution in [1.82, 2.24) is 20.1 Å². The zero-order chi connectivity index (χ0) is 19.3. The van der Waals surface area contributed by atoms with E-state index in [4.69, 9.17) is 4.74 Å². The number of nitrogens with one attached hydrogen (secondary N) is 1. The third kappa shape index (κ3) is 3.84. The summed E-state index contributed by atoms with van der Waals surface area (Å²) in [6.45, 7) is 2.71. The number of amides is 2. The minimum absolute atomic E-state index is 0.00370. The summed E-state index contributed by atoms with van der Waals surface area (Å²) in [7, 11) is 0. The van der Waals surface area contributed by atoms with Crippen LogP contribution < -0.4 is 5.32 Å². The SMILES string of the molecule is O=COC(c1ccccc1)N1CCC(N2CC(c3ccncc3)NC2=O)CC1. The van der Waals surface area contributed by atoms with Crippen LogP contribution in [-0.4, -0.2) is 53.0 Å². The highest BCUT2D eigenvalue weighted by molar-refractivity contribution is 5.77. The van der Waals surface area contributed by atoms with E-state index in [1.165, 1.54) is 0 Å². The molecule has 1 N–H and O–H groups in total. The second-order valence-corrected chi connectivity index (χ2v) is 7.20. The van der Waals surface area contributed by atoms with Crippen molar-refractivity contribution >= 4 is 12.5 Å². The summed E-state index contributed by atoms with van der Waals surface area (Å²) in [5.74, 6) is 0. The Balaban J connectivity index is 1.38. The maximum Gasteiger partial charge on any atom is 0.318 e. The Hall–Kier alpha value is -2.93. The molecular weight excluding hydrogens is 356 g/mol. The van der Waals surface area contributed by atoms with Gasteiger partial charge in [-0.3, -0.25) is 14.7 Å². The molecule has 146 valence electrons. The quantitative estimate of drug-likeness (QED) is 0.780. The number of urea groups is 1. The van der Waals surface area contributed by atoms with Crippen molar-refractivity contribution in [1.29, 1.82) is 0 Å². The number of nitrogens with zero attached hydrogens (tertiary/aromatic N) is 3. The molecule has 2 fully saturated rings. The predicted octanol–water partition coefficient (Wildman–Crippen LogP) is 2.48. The zero-order valence-electron chi connectivity index (χ0n) is 15.6. The number of pyridine rings is 1. The number of aromatic nitrogens is 1. The highest BCUT2D eigenvalue weighted by Gasteiger charge is 2.37. The van der Waals surface area contributed by atoms with Crippen molar-refractivity contribution in [3.63, 3.8) is 0 Å². The van der Waals surface area contributed by atoms with Crippen LogP contribution in [0.15, 0.2) is 54.9 Å². The molecule has 1 aromatic carbocycles. The van der Waals surface area contributed by atoms with Gasteiger partial charge in [-0.05, 0) is 30.5 Å². The third-order valence-electron chi connectivity index (χ3n) is 5.59. The second-order valence-electron chi connectivity index (χ2n) is 7.20. The molecule has 0 aliphatic carbocycles. The number of carbonyl (C=O) groups excluding carboxylic acids is 2. The number of carbonyl (C=O) groups is 2. The van der Waals surface area contributed by atoms with E-state index in [1.54, 1.807) is 12.4 Å². The molecule has 3 heterocycles. The molecule has 4 rings (SSSR count). The lowest BCUT2D eigenvalue weighted by Crippen LogP contribution is -2.47. The van der Waals surface area contributed by atoms with Crippen LogP contribution in [0.5, 0.6) is 0 Å². The van der Waals surface area contributed by atoms with Crippen LogP contribution in [0.3, 0.4) is 0 Å². The summed E-state index contributed by atoms with van der Waals surface area (Å²) in [6, 6.07) is 13.8. The first-order valence-corrected chi connectivity index (χ1v) is 9.61. The lowest BCUT2D eigenvalue weighted by Gasteiger charge is -2.39. The van der Waals surface area contributed by atoms with Crippen LogP contribution in [-0.2, 0) is 9.53 Å². The van der Waals surface area contributed by atoms with Gasteiger partial charge in [0.25, 0.3) is 6.47 Å². The van der Waals surface area contributed by atoms with E-state index in [0.29, 0.717) is 13.0 Å². The molecule has 2 unspecified atom stereocenters. The summed E-state index contributed by atoms with van der Waals surface area (Å²) in [6.07, 6.45) is 4.82. The van der Waals surface area contributed by atoms with Gasteiger partial charge >= 0.3 is 6.03 Å². The first kappa shape index (κ1) is 18.4. The summed E-state index contributed by atoms with van der Waals surface area (Å²) in [4.78, 5) is 31.7. The molecule has 2 saturated heterocycles. The van der Waals surface area contributed by atoms with Crippen LogP contribution in [0.1, 0.15) is 36.2 Å². The first-order chi connectivity index (χ1) is 13.8. The molecule has 7 heteroatoms. The molecule has 2 aliphatic rings. The van der Waals surface area contributed by atoms with Crippen molar-refractivity contribution in [3.05, 3.63) is 66.0 Å². The van der Waals surface area contributed by atoms with E-state index in [1.807, 2.05) is 47.4 Å². The van der Waals surface area contributed by atoms with Gasteiger partial charge in [0.15, 0.2) is 6.23 Å². The van der Waals surface area contributed by atoms with Crippen molar-refractivity contribution in [2.75, 3.05) is 19.6 Å². The summed E-state index contributed by atoms with van der Waals surface area (Å²) in [5, 5.41) is 3.07. The molecule has 0 spiro atoms. The monoisotopic (exact) mass is 380 g/mol. The Morgan fingerprint density at radius 2 is 1.82 bits per heavy atom. The average molecular weight is 380 g/mol. The molecule has 28 heavy (non-hydrogen) atoms. The van der Waals surface area contributed by atoms with Gasteiger partial charge in [-0.2, -0.15) is 0 Å². The molecule has 1 aromatic heterocycles. The summed E-state index contributed by atoms with van der Waals surface area (Å²) in [5.41, 5.74) is 2.04. The fourth-order valence-electron chi connectivity index (χ4n) is 4.13. The van der Waals surface area contributed by atoms with Crippen molar-refractivity contribution in [2.24, 2.45) is 0 Å². The van der Waals surface area contributed by atoms with Gasteiger partial charge < -0.3 is 15.0 Å². The average Bonchev–Trinajstić information content (AvgIpc) is 3.15. The van der Waals surface area contributed by atoms with E-state index >= 15 is 0 Å². The highest BCUT2D eigenvalue weighted by Crippen LogP contribution is 2.29. The molecule has 0 bridgehead atoms. The van der Waals surface area contributed by atoms with Gasteiger partial charge in [-0.25, -0.2) is 4.79 Å². The lowest BCUT2D eigenvalue weighted by molar-refractivity contribution is -0.146. The fraction of sp³-hybridized carbons (Fsp3) is 0.381. The third-order valence-corrected chi connectivity index (χ3v) is 5.59. The Bertz CT molecular complexity index is 794. The first-order valence-electron chi connectivity index (χ1n) is 9.61. The van der Waals surface area contributed by atoms with Crippen molar-refractivity contribution in [2.45, 2.75) is 31.2 Å². The van der Waals surface area contributed by atoms with E-state index in [9.17, 15) is 9.59 Å². The Morgan fingerprint density at radius 3 is 2.50 bits per heavy atom. The Labute approximate surface area is 164 Å². The lowest BCUT2D eigenvalue weighted by atomic mass is 10.0. The van der Waals surface area contributed by atoms with Crippen LogP contribution >= 0.6 is 0 Å². The molecule has 2 atom stereocenters. The van der Waals surface area contributed by atoms with Gasteiger partial charge in [-0.1, -0.05) is 30.3 Å². The molecule has 0 saturated carbocycles. The van der Waals surface area contributed by atoms with Gasteiger partial charge in [0, 0.05) is 43.6 Å². The maximum atomic E-state index is 12.5. The van der Waals surface area contributed by atoms with Crippen LogP contribution in [0.4, 0.5) is 4.79 Å². The maximum absolute atomic E-state index is 12.5. The molecule has 2 aromatic rings. The zero-order valence-corrected chi connectivity index (χ0v) is 15.6. The van der Waals surface area contributed by atoms with E-state index in [-0.39, 0.29) is 24.3 Å². The number of likely N-dealkylation sites (tertiary alicyclic amines) is 1. The molecule has 2 aliphatic heterocycles. The predicted molar refractivity (Wildman–Crippen MR) is 103 cm³/mol. The molecule has 7 nitrogen and oxygen atoms in total. The number of hydrogen-bond acceptors (Lipinski definition) is 5. The normalized spacial score (nSPS) is 21.9. The van der Waals surface area contributed by atoms with Gasteiger partial charge in [0.1, 0.15) is 0 Å². The van der Waals surface area contributed by atoms with Gasteiger partial charge in [0.05, 0.1) is 6.04 Å². The van der Waals surface area contributed by atoms with Crippen LogP contribution in [0, 0.1) is 0 Å². The topological polar surface area (TPSA) is 74.8 Å². The number of ether oxygens (including phenoxy) is 1. The van der Waals surface area contributed by atoms with E-state index in [2.05, 4.69) is 15.2 Å². The Kier molecular flexibility index (Phi) is 5.53. The highest BCUT2D eigenvalue weighted by atomic mass is 16.5. The smallest absolute Gasteiger partial charge is 0.318 e. The summed E-state index contributed by atoms with van der Waals surface area (Å²) < 4.78 is 5.37. The second kappa shape index (κ2) is 8.39. The standard InChI is InChI=1S/C21H24N4O3/c26-15-28-20(17-4-2-1-3-5-17)24-12-8-18(9-13-24)25-14-19(23-21(25)27)16-6-10-22-11-7-16/h1-7,10-11,15,18-20H,8-9,12-14H2,(H,23,27). The van der Waals surface area contributed by atoms with Crippen LogP contribution in [0.25, 0.3) is 0 Å². The molecular formula is C21H24N4O3. The summed E-state index contributed by atoms with van der Waals surface area (Å²) >= 11 is 0. The molecule has 2 amide bonds. The van der Waals surface area contributed by atoms with Gasteiger partial charge in [-0.15, -0.1) is 0 Å². The Morgan fingerprint density at radius 1 is 1.11 bits per heavy atom. The number of hydrogen-bond donors (Lipinski definition) is 1. The van der Waals surface area contributed by atoms with Crippen molar-refractivity contribution in [3.8, 4) is 0 Å². The molecule has 0 radical (unpaired) electrons. The van der Waals surface area contributed by atoms with Gasteiger partial charge in [0.2, 0.25) is 0 Å². The number of rotatable bonds is 6. The van der Waals surface area contributed by atoms with Crippen molar-refractivity contribution < 1.29 is 14.3 Å².